The molecule has 1 aromatic carbocycles. The van der Waals surface area contributed by atoms with E-state index >= 15 is 0 Å². The highest BCUT2D eigenvalue weighted by molar-refractivity contribution is 7.09. The molecule has 2 amide bonds. The number of likely N-dealkylation sites (tertiary alicyclic amines) is 2. The number of hydrogen-bond donors (Lipinski definition) is 1. The van der Waals surface area contributed by atoms with Crippen LogP contribution >= 0.6 is 11.3 Å². The van der Waals surface area contributed by atoms with Gasteiger partial charge in [0.1, 0.15) is 5.69 Å². The molecule has 1 unspecified atom stereocenters. The van der Waals surface area contributed by atoms with Crippen LogP contribution in [0.5, 0.6) is 0 Å². The van der Waals surface area contributed by atoms with Crippen molar-refractivity contribution in [2.75, 3.05) is 32.8 Å². The highest BCUT2D eigenvalue weighted by Crippen LogP contribution is 2.31. The number of esters is 1. The number of carbonyl (C=O) groups is 3. The van der Waals surface area contributed by atoms with Crippen LogP contribution in [-0.2, 0) is 20.7 Å². The predicted octanol–water partition coefficient (Wildman–Crippen LogP) is 3.99. The number of nitrogens with one attached hydrogen (secondary N) is 1. The molecule has 8 nitrogen and oxygen atoms in total. The molecule has 0 spiro atoms. The summed E-state index contributed by atoms with van der Waals surface area (Å²) in [5.41, 5.74) is 2.54. The lowest BCUT2D eigenvalue weighted by atomic mass is 9.97. The van der Waals surface area contributed by atoms with E-state index in [0.717, 1.165) is 47.2 Å². The highest BCUT2D eigenvalue weighted by atomic mass is 32.1. The Kier molecular flexibility index (Phi) is 7.36. The number of piperidine rings is 2. The minimum absolute atomic E-state index is 0.113. The standard InChI is InChI=1S/C27H32N4O4S/c1-2-35-27(34)19-6-5-11-31(16-19)26(33)23-17-36-25(29-23)18-9-12-30(13-10-18)24(32)14-20-15-28-22-8-4-3-7-21(20)22/h3-4,7-8,15,17-19,28H,2,5-6,9-14,16H2,1H3. The number of aromatic amines is 1. The minimum atomic E-state index is -0.258. The molecule has 0 saturated carbocycles. The molecule has 1 N–H and O–H groups in total. The maximum atomic E-state index is 13.1. The normalized spacial score (nSPS) is 19.0. The molecule has 0 radical (unpaired) electrons. The van der Waals surface area contributed by atoms with Crippen molar-refractivity contribution in [1.29, 1.82) is 0 Å². The first-order valence-electron chi connectivity index (χ1n) is 12.8. The summed E-state index contributed by atoms with van der Waals surface area (Å²) < 4.78 is 5.15. The number of para-hydroxylation sites is 1. The van der Waals surface area contributed by atoms with Gasteiger partial charge in [-0.2, -0.15) is 0 Å². The predicted molar refractivity (Wildman–Crippen MR) is 138 cm³/mol. The number of hydrogen-bond acceptors (Lipinski definition) is 6. The molecule has 5 rings (SSSR count). The Bertz CT molecular complexity index is 1240. The third-order valence-corrected chi connectivity index (χ3v) is 8.29. The zero-order chi connectivity index (χ0) is 25.1. The molecule has 4 heterocycles. The zero-order valence-corrected chi connectivity index (χ0v) is 21.4. The first kappa shape index (κ1) is 24.5. The van der Waals surface area contributed by atoms with Crippen LogP contribution in [0.2, 0.25) is 0 Å². The van der Waals surface area contributed by atoms with Crippen LogP contribution < -0.4 is 0 Å². The van der Waals surface area contributed by atoms with Gasteiger partial charge in [0, 0.05) is 54.6 Å². The largest absolute Gasteiger partial charge is 0.466 e. The average Bonchev–Trinajstić information content (AvgIpc) is 3.57. The SMILES string of the molecule is CCOC(=O)C1CCCN(C(=O)c2csc(C3CCN(C(=O)Cc4c[nH]c5ccccc45)CC3)n2)C1. The highest BCUT2D eigenvalue weighted by Gasteiger charge is 2.32. The maximum Gasteiger partial charge on any atom is 0.310 e. The van der Waals surface area contributed by atoms with Gasteiger partial charge in [0.2, 0.25) is 5.91 Å². The van der Waals surface area contributed by atoms with Gasteiger partial charge in [-0.3, -0.25) is 14.4 Å². The van der Waals surface area contributed by atoms with Gasteiger partial charge in [-0.05, 0) is 44.2 Å². The number of thiazole rings is 1. The lowest BCUT2D eigenvalue weighted by molar-refractivity contribution is -0.149. The van der Waals surface area contributed by atoms with Crippen LogP contribution in [-0.4, -0.2) is 70.3 Å². The number of amides is 2. The van der Waals surface area contributed by atoms with Gasteiger partial charge in [-0.25, -0.2) is 4.98 Å². The Morgan fingerprint density at radius 3 is 2.72 bits per heavy atom. The Morgan fingerprint density at radius 2 is 1.92 bits per heavy atom. The summed E-state index contributed by atoms with van der Waals surface area (Å²) in [6.07, 6.45) is 5.55. The number of rotatable bonds is 6. The Balaban J connectivity index is 1.15. The van der Waals surface area contributed by atoms with E-state index in [2.05, 4.69) is 9.97 Å². The molecule has 0 bridgehead atoms. The van der Waals surface area contributed by atoms with Gasteiger partial charge in [0.25, 0.3) is 5.91 Å². The second-order valence-corrected chi connectivity index (χ2v) is 10.5. The van der Waals surface area contributed by atoms with Crippen molar-refractivity contribution in [1.82, 2.24) is 19.8 Å². The van der Waals surface area contributed by atoms with Crippen LogP contribution in [0.3, 0.4) is 0 Å². The second-order valence-electron chi connectivity index (χ2n) is 9.60. The maximum absolute atomic E-state index is 13.1. The smallest absolute Gasteiger partial charge is 0.310 e. The van der Waals surface area contributed by atoms with Crippen molar-refractivity contribution < 1.29 is 19.1 Å². The summed E-state index contributed by atoms with van der Waals surface area (Å²) in [5, 5.41) is 3.89. The van der Waals surface area contributed by atoms with Gasteiger partial charge in [-0.15, -0.1) is 11.3 Å². The number of H-pyrrole nitrogens is 1. The summed E-state index contributed by atoms with van der Waals surface area (Å²) in [7, 11) is 0. The first-order chi connectivity index (χ1) is 17.5. The third-order valence-electron chi connectivity index (χ3n) is 7.28. The molecule has 3 aromatic rings. The molecule has 2 aliphatic rings. The fraction of sp³-hybridized carbons (Fsp3) is 0.481. The number of benzene rings is 1. The molecule has 0 aliphatic carbocycles. The topological polar surface area (TPSA) is 95.6 Å². The lowest BCUT2D eigenvalue weighted by Gasteiger charge is -2.31. The van der Waals surface area contributed by atoms with E-state index in [1.54, 1.807) is 11.8 Å². The van der Waals surface area contributed by atoms with E-state index in [4.69, 9.17) is 4.74 Å². The first-order valence-corrected chi connectivity index (χ1v) is 13.7. The van der Waals surface area contributed by atoms with Crippen molar-refractivity contribution in [3.8, 4) is 0 Å². The summed E-state index contributed by atoms with van der Waals surface area (Å²) in [6, 6.07) is 8.04. The molecule has 2 aromatic heterocycles. The number of aromatic nitrogens is 2. The lowest BCUT2D eigenvalue weighted by Crippen LogP contribution is -2.43. The molecule has 2 aliphatic heterocycles. The Morgan fingerprint density at radius 1 is 1.11 bits per heavy atom. The molecule has 2 fully saturated rings. The van der Waals surface area contributed by atoms with Gasteiger partial charge in [0.05, 0.1) is 24.0 Å². The number of fused-ring (bicyclic) bond motifs is 1. The quantitative estimate of drug-likeness (QED) is 0.508. The van der Waals surface area contributed by atoms with Crippen molar-refractivity contribution in [3.05, 3.63) is 52.1 Å². The fourth-order valence-corrected chi connectivity index (χ4v) is 6.24. The van der Waals surface area contributed by atoms with Crippen LogP contribution in [0, 0.1) is 5.92 Å². The summed E-state index contributed by atoms with van der Waals surface area (Å²) in [4.78, 5) is 49.8. The van der Waals surface area contributed by atoms with Crippen LogP contribution in [0.4, 0.5) is 0 Å². The molecule has 2 saturated heterocycles. The van der Waals surface area contributed by atoms with Crippen molar-refractivity contribution in [2.24, 2.45) is 5.92 Å². The Hall–Kier alpha value is -3.20. The zero-order valence-electron chi connectivity index (χ0n) is 20.6. The van der Waals surface area contributed by atoms with Crippen LogP contribution in [0.1, 0.15) is 59.6 Å². The minimum Gasteiger partial charge on any atom is -0.466 e. The molecular formula is C27H32N4O4S. The summed E-state index contributed by atoms with van der Waals surface area (Å²) >= 11 is 1.52. The number of nitrogens with zero attached hydrogens (tertiary/aromatic N) is 3. The van der Waals surface area contributed by atoms with Crippen molar-refractivity contribution >= 4 is 40.0 Å². The van der Waals surface area contributed by atoms with E-state index in [1.165, 1.54) is 11.3 Å². The number of ether oxygens (including phenoxy) is 1. The van der Waals surface area contributed by atoms with Gasteiger partial charge < -0.3 is 19.5 Å². The van der Waals surface area contributed by atoms with Gasteiger partial charge in [0.15, 0.2) is 0 Å². The van der Waals surface area contributed by atoms with Crippen LogP contribution in [0.25, 0.3) is 10.9 Å². The molecule has 9 heteroatoms. The van der Waals surface area contributed by atoms with Gasteiger partial charge >= 0.3 is 5.97 Å². The van der Waals surface area contributed by atoms with Gasteiger partial charge in [-0.1, -0.05) is 18.2 Å². The molecule has 36 heavy (non-hydrogen) atoms. The number of carbonyl (C=O) groups excluding carboxylic acids is 3. The molecule has 1 atom stereocenters. The van der Waals surface area contributed by atoms with E-state index in [0.29, 0.717) is 44.9 Å². The van der Waals surface area contributed by atoms with E-state index in [1.807, 2.05) is 40.7 Å². The molecular weight excluding hydrogens is 476 g/mol. The third kappa shape index (κ3) is 5.16. The van der Waals surface area contributed by atoms with Crippen LogP contribution in [0.15, 0.2) is 35.8 Å². The van der Waals surface area contributed by atoms with E-state index in [-0.39, 0.29) is 29.6 Å². The van der Waals surface area contributed by atoms with E-state index in [9.17, 15) is 14.4 Å². The van der Waals surface area contributed by atoms with Crippen molar-refractivity contribution in [2.45, 2.75) is 44.9 Å². The molecule has 190 valence electrons. The summed E-state index contributed by atoms with van der Waals surface area (Å²) in [5.74, 6) is -0.193. The monoisotopic (exact) mass is 508 g/mol. The van der Waals surface area contributed by atoms with Crippen molar-refractivity contribution in [3.63, 3.8) is 0 Å². The fourth-order valence-electron chi connectivity index (χ4n) is 5.28. The second kappa shape index (κ2) is 10.8. The summed E-state index contributed by atoms with van der Waals surface area (Å²) in [6.45, 7) is 4.57. The average molecular weight is 509 g/mol. The Labute approximate surface area is 214 Å². The van der Waals surface area contributed by atoms with E-state index < -0.39 is 0 Å².